The second kappa shape index (κ2) is 7.44. The molecule has 1 aliphatic heterocycles. The number of carbonyl (C=O) groups is 2. The fourth-order valence-corrected chi connectivity index (χ4v) is 3.62. The van der Waals surface area contributed by atoms with E-state index in [0.717, 1.165) is 23.9 Å². The Morgan fingerprint density at radius 2 is 1.86 bits per heavy atom. The van der Waals surface area contributed by atoms with E-state index in [1.165, 1.54) is 0 Å². The maximum absolute atomic E-state index is 12.7. The number of rotatable bonds is 4. The van der Waals surface area contributed by atoms with Crippen molar-refractivity contribution < 1.29 is 14.3 Å². The topological polar surface area (TPSA) is 101 Å². The minimum absolute atomic E-state index is 0.0294. The number of hydrogen-bond donors (Lipinski definition) is 2. The number of carbonyl (C=O) groups excluding carboxylic acids is 2. The number of H-pyrrole nitrogens is 1. The molecular weight excluding hydrogens is 356 g/mol. The molecule has 7 nitrogen and oxygen atoms in total. The summed E-state index contributed by atoms with van der Waals surface area (Å²) in [6.45, 7) is 1.41. The summed E-state index contributed by atoms with van der Waals surface area (Å²) in [5.41, 5.74) is 8.58. The summed E-state index contributed by atoms with van der Waals surface area (Å²) in [5, 5.41) is 0. The number of ether oxygens (including phenoxy) is 1. The fraction of sp³-hybridized carbons (Fsp3) is 0.286. The van der Waals surface area contributed by atoms with Gasteiger partial charge < -0.3 is 20.4 Å². The Morgan fingerprint density at radius 3 is 2.50 bits per heavy atom. The first kappa shape index (κ1) is 18.2. The van der Waals surface area contributed by atoms with E-state index in [0.29, 0.717) is 35.6 Å². The summed E-state index contributed by atoms with van der Waals surface area (Å²) in [6.07, 6.45) is 1.97. The van der Waals surface area contributed by atoms with Gasteiger partial charge in [0.2, 0.25) is 0 Å². The van der Waals surface area contributed by atoms with Gasteiger partial charge in [-0.1, -0.05) is 18.2 Å². The lowest BCUT2D eigenvalue weighted by Gasteiger charge is -2.31. The number of fused-ring (bicyclic) bond motifs is 1. The molecule has 0 aliphatic carbocycles. The smallest absolute Gasteiger partial charge is 0.253 e. The van der Waals surface area contributed by atoms with Gasteiger partial charge in [-0.2, -0.15) is 0 Å². The van der Waals surface area contributed by atoms with Crippen molar-refractivity contribution in [2.24, 2.45) is 5.73 Å². The quantitative estimate of drug-likeness (QED) is 0.728. The Bertz CT molecular complexity index is 1020. The number of hydrogen-bond acceptors (Lipinski definition) is 4. The lowest BCUT2D eigenvalue weighted by molar-refractivity contribution is 0.0350. The van der Waals surface area contributed by atoms with Crippen LogP contribution in [0, 0.1) is 0 Å². The summed E-state index contributed by atoms with van der Waals surface area (Å²) < 4.78 is 5.36. The second-order valence-electron chi connectivity index (χ2n) is 6.96. The minimum atomic E-state index is -0.512. The van der Waals surface area contributed by atoms with Crippen LogP contribution in [0.2, 0.25) is 0 Å². The molecule has 3 N–H and O–H groups in total. The largest absolute Gasteiger partial charge is 0.381 e. The number of primary amides is 1. The summed E-state index contributed by atoms with van der Waals surface area (Å²) in [4.78, 5) is 33.9. The van der Waals surface area contributed by atoms with Gasteiger partial charge in [0, 0.05) is 31.3 Å². The van der Waals surface area contributed by atoms with Crippen LogP contribution >= 0.6 is 0 Å². The van der Waals surface area contributed by atoms with Crippen LogP contribution in [0.1, 0.15) is 33.6 Å². The molecule has 2 aromatic carbocycles. The maximum Gasteiger partial charge on any atom is 0.253 e. The number of aromatic amines is 1. The standard InChI is InChI=1S/C21H22N4O3/c1-28-15-9-11-25(12-10-15)21(27)14-7-5-13(6-8-14)20-23-17-4-2-3-16(19(22)26)18(17)24-20/h2-8,15H,9-12H2,1H3,(H2,22,26)(H,23,24). The summed E-state index contributed by atoms with van der Waals surface area (Å²) in [5.74, 6) is 0.146. The molecule has 1 fully saturated rings. The third-order valence-corrected chi connectivity index (χ3v) is 5.25. The van der Waals surface area contributed by atoms with Crippen LogP contribution in [0.25, 0.3) is 22.4 Å². The summed E-state index contributed by atoms with van der Waals surface area (Å²) >= 11 is 0. The molecule has 4 rings (SSSR count). The van der Waals surface area contributed by atoms with Crippen molar-refractivity contribution in [1.82, 2.24) is 14.9 Å². The Balaban J connectivity index is 1.55. The van der Waals surface area contributed by atoms with Gasteiger partial charge in [0.1, 0.15) is 11.3 Å². The highest BCUT2D eigenvalue weighted by Crippen LogP contribution is 2.24. The van der Waals surface area contributed by atoms with Gasteiger partial charge in [-0.05, 0) is 37.1 Å². The number of amides is 2. The van der Waals surface area contributed by atoms with Gasteiger partial charge in [0.05, 0.1) is 17.2 Å². The van der Waals surface area contributed by atoms with Gasteiger partial charge >= 0.3 is 0 Å². The van der Waals surface area contributed by atoms with Crippen LogP contribution in [0.5, 0.6) is 0 Å². The van der Waals surface area contributed by atoms with Crippen molar-refractivity contribution >= 4 is 22.8 Å². The van der Waals surface area contributed by atoms with Gasteiger partial charge in [-0.3, -0.25) is 9.59 Å². The monoisotopic (exact) mass is 378 g/mol. The van der Waals surface area contributed by atoms with Crippen molar-refractivity contribution in [2.75, 3.05) is 20.2 Å². The molecule has 0 bridgehead atoms. The molecule has 1 saturated heterocycles. The third-order valence-electron chi connectivity index (χ3n) is 5.25. The van der Waals surface area contributed by atoms with Gasteiger partial charge in [0.15, 0.2) is 0 Å². The van der Waals surface area contributed by atoms with Crippen molar-refractivity contribution in [3.63, 3.8) is 0 Å². The van der Waals surface area contributed by atoms with E-state index < -0.39 is 5.91 Å². The maximum atomic E-state index is 12.7. The SMILES string of the molecule is COC1CCN(C(=O)c2ccc(-c3nc4c(C(N)=O)cccc4[nH]3)cc2)CC1. The number of piperidine rings is 1. The first-order valence-electron chi connectivity index (χ1n) is 9.28. The molecule has 1 aliphatic rings. The Labute approximate surface area is 162 Å². The summed E-state index contributed by atoms with van der Waals surface area (Å²) in [7, 11) is 1.71. The molecule has 0 spiro atoms. The normalized spacial score (nSPS) is 15.1. The van der Waals surface area contributed by atoms with Crippen molar-refractivity contribution in [1.29, 1.82) is 0 Å². The highest BCUT2D eigenvalue weighted by Gasteiger charge is 2.23. The first-order chi connectivity index (χ1) is 13.6. The summed E-state index contributed by atoms with van der Waals surface area (Å²) in [6, 6.07) is 12.6. The van der Waals surface area contributed by atoms with Gasteiger partial charge in [-0.25, -0.2) is 4.98 Å². The van der Waals surface area contributed by atoms with Crippen LogP contribution in [0.15, 0.2) is 42.5 Å². The van der Waals surface area contributed by atoms with Gasteiger partial charge in [-0.15, -0.1) is 0 Å². The molecule has 144 valence electrons. The Kier molecular flexibility index (Phi) is 4.83. The van der Waals surface area contributed by atoms with E-state index in [2.05, 4.69) is 9.97 Å². The molecule has 7 heteroatoms. The van der Waals surface area contributed by atoms with Crippen LogP contribution in [0.4, 0.5) is 0 Å². The van der Waals surface area contributed by atoms with Crippen molar-refractivity contribution in [3.8, 4) is 11.4 Å². The number of para-hydroxylation sites is 1. The fourth-order valence-electron chi connectivity index (χ4n) is 3.62. The molecule has 0 radical (unpaired) electrons. The van der Waals surface area contributed by atoms with E-state index in [1.807, 2.05) is 35.2 Å². The highest BCUT2D eigenvalue weighted by molar-refractivity contribution is 6.04. The number of likely N-dealkylation sites (tertiary alicyclic amines) is 1. The van der Waals surface area contributed by atoms with Crippen LogP contribution in [-0.2, 0) is 4.74 Å². The minimum Gasteiger partial charge on any atom is -0.381 e. The molecule has 3 aromatic rings. The lowest BCUT2D eigenvalue weighted by atomic mass is 10.1. The van der Waals surface area contributed by atoms with Crippen molar-refractivity contribution in [3.05, 3.63) is 53.6 Å². The predicted molar refractivity (Wildman–Crippen MR) is 106 cm³/mol. The lowest BCUT2D eigenvalue weighted by Crippen LogP contribution is -2.40. The van der Waals surface area contributed by atoms with Gasteiger partial charge in [0.25, 0.3) is 11.8 Å². The van der Waals surface area contributed by atoms with Crippen LogP contribution in [-0.4, -0.2) is 53.0 Å². The van der Waals surface area contributed by atoms with Crippen LogP contribution < -0.4 is 5.73 Å². The Morgan fingerprint density at radius 1 is 1.14 bits per heavy atom. The van der Waals surface area contributed by atoms with E-state index in [1.54, 1.807) is 19.2 Å². The zero-order chi connectivity index (χ0) is 19.7. The van der Waals surface area contributed by atoms with E-state index in [9.17, 15) is 9.59 Å². The predicted octanol–water partition coefficient (Wildman–Crippen LogP) is 2.58. The first-order valence-corrected chi connectivity index (χ1v) is 9.28. The van der Waals surface area contributed by atoms with E-state index in [4.69, 9.17) is 10.5 Å². The number of imidazole rings is 1. The third kappa shape index (κ3) is 3.36. The molecule has 0 saturated carbocycles. The second-order valence-corrected chi connectivity index (χ2v) is 6.96. The Hall–Kier alpha value is -3.19. The van der Waals surface area contributed by atoms with Crippen molar-refractivity contribution in [2.45, 2.75) is 18.9 Å². The number of aromatic nitrogens is 2. The van der Waals surface area contributed by atoms with E-state index in [-0.39, 0.29) is 12.0 Å². The molecular formula is C21H22N4O3. The average Bonchev–Trinajstić information content (AvgIpc) is 3.17. The number of methoxy groups -OCH3 is 1. The number of nitrogens with two attached hydrogens (primary N) is 1. The zero-order valence-electron chi connectivity index (χ0n) is 15.6. The molecule has 1 aromatic heterocycles. The van der Waals surface area contributed by atoms with E-state index >= 15 is 0 Å². The molecule has 0 atom stereocenters. The zero-order valence-corrected chi connectivity index (χ0v) is 15.6. The molecule has 2 amide bonds. The number of nitrogens with one attached hydrogen (secondary N) is 1. The molecule has 2 heterocycles. The average molecular weight is 378 g/mol. The number of benzene rings is 2. The number of nitrogens with zero attached hydrogens (tertiary/aromatic N) is 2. The van der Waals surface area contributed by atoms with Crippen LogP contribution in [0.3, 0.4) is 0 Å². The molecule has 28 heavy (non-hydrogen) atoms. The molecule has 0 unspecified atom stereocenters. The highest BCUT2D eigenvalue weighted by atomic mass is 16.5.